The molecule has 0 aliphatic rings. The van der Waals surface area contributed by atoms with Crippen LogP contribution in [-0.4, -0.2) is 0 Å². The minimum Gasteiger partial charge on any atom is -0.449 e. The van der Waals surface area contributed by atoms with Crippen molar-refractivity contribution in [2.75, 3.05) is 5.32 Å². The number of nitrogens with one attached hydrogen (secondary N) is 1. The molecule has 0 radical (unpaired) electrons. The normalized spacial score (nSPS) is 9.94. The van der Waals surface area contributed by atoms with E-state index in [1.54, 1.807) is 12.1 Å². The Kier molecular flexibility index (Phi) is 3.92. The van der Waals surface area contributed by atoms with Gasteiger partial charge in [-0.15, -0.1) is 0 Å². The van der Waals surface area contributed by atoms with Gasteiger partial charge in [0.2, 0.25) is 5.76 Å². The van der Waals surface area contributed by atoms with Gasteiger partial charge in [-0.3, -0.25) is 0 Å². The van der Waals surface area contributed by atoms with Crippen LogP contribution in [-0.2, 0) is 6.54 Å². The summed E-state index contributed by atoms with van der Waals surface area (Å²) in [5.74, 6) is 1.02. The number of halogens is 2. The molecular weight excluding hydrogens is 351 g/mol. The summed E-state index contributed by atoms with van der Waals surface area (Å²) in [7, 11) is 0. The number of furan rings is 1. The van der Waals surface area contributed by atoms with Gasteiger partial charge in [0.05, 0.1) is 17.3 Å². The standard InChI is InChI=1S/C12H8ClIN2O/c13-11-4-1-8(14)5-12(11)16-7-10-3-2-9(6-15)17-10/h1-5,16H,7H2. The Morgan fingerprint density at radius 3 is 2.88 bits per heavy atom. The number of nitriles is 1. The Morgan fingerprint density at radius 1 is 1.35 bits per heavy atom. The van der Waals surface area contributed by atoms with Crippen molar-refractivity contribution >= 4 is 39.9 Å². The van der Waals surface area contributed by atoms with Crippen LogP contribution in [0.5, 0.6) is 0 Å². The number of rotatable bonds is 3. The van der Waals surface area contributed by atoms with Gasteiger partial charge in [-0.2, -0.15) is 5.26 Å². The average molecular weight is 359 g/mol. The van der Waals surface area contributed by atoms with E-state index in [1.807, 2.05) is 24.3 Å². The van der Waals surface area contributed by atoms with Gasteiger partial charge < -0.3 is 9.73 Å². The highest BCUT2D eigenvalue weighted by molar-refractivity contribution is 14.1. The van der Waals surface area contributed by atoms with Gasteiger partial charge in [-0.25, -0.2) is 0 Å². The zero-order valence-corrected chi connectivity index (χ0v) is 11.6. The van der Waals surface area contributed by atoms with Crippen LogP contribution in [0.1, 0.15) is 11.5 Å². The van der Waals surface area contributed by atoms with E-state index in [4.69, 9.17) is 21.3 Å². The molecule has 0 unspecified atom stereocenters. The van der Waals surface area contributed by atoms with Crippen LogP contribution in [0.15, 0.2) is 34.7 Å². The maximum atomic E-state index is 8.63. The molecule has 0 amide bonds. The summed E-state index contributed by atoms with van der Waals surface area (Å²) in [5, 5.41) is 12.5. The predicted octanol–water partition coefficient (Wildman–Crippen LogP) is 4.02. The third kappa shape index (κ3) is 3.14. The number of hydrogen-bond acceptors (Lipinski definition) is 3. The van der Waals surface area contributed by atoms with Crippen molar-refractivity contribution in [1.29, 1.82) is 5.26 Å². The lowest BCUT2D eigenvalue weighted by molar-refractivity contribution is 0.506. The molecule has 1 aromatic carbocycles. The summed E-state index contributed by atoms with van der Waals surface area (Å²) < 4.78 is 6.36. The van der Waals surface area contributed by atoms with E-state index in [0.717, 1.165) is 9.26 Å². The Balaban J connectivity index is 2.07. The Bertz CT molecular complexity index is 574. The molecule has 2 aromatic rings. The van der Waals surface area contributed by atoms with Crippen LogP contribution in [0, 0.1) is 14.9 Å². The molecule has 3 nitrogen and oxygen atoms in total. The highest BCUT2D eigenvalue weighted by Crippen LogP contribution is 2.24. The topological polar surface area (TPSA) is 49.0 Å². The minimum atomic E-state index is 0.315. The third-order valence-electron chi connectivity index (χ3n) is 2.15. The molecule has 0 spiro atoms. The van der Waals surface area contributed by atoms with E-state index < -0.39 is 0 Å². The molecule has 1 aromatic heterocycles. The summed E-state index contributed by atoms with van der Waals surface area (Å²) in [6.45, 7) is 0.501. The molecule has 0 atom stereocenters. The zero-order valence-electron chi connectivity index (χ0n) is 8.71. The van der Waals surface area contributed by atoms with E-state index in [9.17, 15) is 0 Å². The van der Waals surface area contributed by atoms with E-state index in [0.29, 0.717) is 23.1 Å². The smallest absolute Gasteiger partial charge is 0.203 e. The summed E-state index contributed by atoms with van der Waals surface area (Å²) in [5.41, 5.74) is 0.855. The Labute approximate surface area is 118 Å². The lowest BCUT2D eigenvalue weighted by atomic mass is 10.3. The molecule has 0 aliphatic carbocycles. The number of anilines is 1. The summed E-state index contributed by atoms with van der Waals surface area (Å²) in [4.78, 5) is 0. The maximum Gasteiger partial charge on any atom is 0.203 e. The van der Waals surface area contributed by atoms with Crippen molar-refractivity contribution in [3.63, 3.8) is 0 Å². The first-order valence-electron chi connectivity index (χ1n) is 4.87. The molecule has 0 fully saturated rings. The molecule has 17 heavy (non-hydrogen) atoms. The predicted molar refractivity (Wildman–Crippen MR) is 74.9 cm³/mol. The van der Waals surface area contributed by atoms with Crippen LogP contribution < -0.4 is 5.32 Å². The first-order valence-corrected chi connectivity index (χ1v) is 6.32. The van der Waals surface area contributed by atoms with Crippen LogP contribution in [0.2, 0.25) is 5.02 Å². The Morgan fingerprint density at radius 2 is 2.18 bits per heavy atom. The second-order valence-electron chi connectivity index (χ2n) is 3.36. The van der Waals surface area contributed by atoms with Gasteiger partial charge in [0.25, 0.3) is 0 Å². The van der Waals surface area contributed by atoms with Crippen molar-refractivity contribution in [2.24, 2.45) is 0 Å². The van der Waals surface area contributed by atoms with Gasteiger partial charge >= 0.3 is 0 Å². The van der Waals surface area contributed by atoms with E-state index >= 15 is 0 Å². The van der Waals surface area contributed by atoms with E-state index in [-0.39, 0.29) is 0 Å². The lowest BCUT2D eigenvalue weighted by Gasteiger charge is -2.07. The fraction of sp³-hybridized carbons (Fsp3) is 0.0833. The highest BCUT2D eigenvalue weighted by atomic mass is 127. The van der Waals surface area contributed by atoms with Crippen molar-refractivity contribution in [2.45, 2.75) is 6.54 Å². The summed E-state index contributed by atoms with van der Waals surface area (Å²) in [6.07, 6.45) is 0. The zero-order chi connectivity index (χ0) is 12.3. The molecule has 1 N–H and O–H groups in total. The van der Waals surface area contributed by atoms with Crippen molar-refractivity contribution in [1.82, 2.24) is 0 Å². The molecule has 86 valence electrons. The number of benzene rings is 1. The molecule has 1 heterocycles. The van der Waals surface area contributed by atoms with Crippen molar-refractivity contribution < 1.29 is 4.42 Å². The third-order valence-corrected chi connectivity index (χ3v) is 3.15. The van der Waals surface area contributed by atoms with Crippen LogP contribution in [0.3, 0.4) is 0 Å². The van der Waals surface area contributed by atoms with E-state index in [2.05, 4.69) is 27.9 Å². The average Bonchev–Trinajstić information content (AvgIpc) is 2.78. The fourth-order valence-corrected chi connectivity index (χ4v) is 2.02. The number of nitrogens with zero attached hydrogens (tertiary/aromatic N) is 1. The lowest BCUT2D eigenvalue weighted by Crippen LogP contribution is -1.98. The van der Waals surface area contributed by atoms with Crippen molar-refractivity contribution in [3.8, 4) is 6.07 Å². The second kappa shape index (κ2) is 5.43. The largest absolute Gasteiger partial charge is 0.449 e. The molecular formula is C12H8ClIN2O. The van der Waals surface area contributed by atoms with Crippen molar-refractivity contribution in [3.05, 3.63) is 50.4 Å². The van der Waals surface area contributed by atoms with Gasteiger partial charge in [-0.05, 0) is 52.9 Å². The monoisotopic (exact) mass is 358 g/mol. The van der Waals surface area contributed by atoms with Crippen LogP contribution >= 0.6 is 34.2 Å². The maximum absolute atomic E-state index is 8.63. The minimum absolute atomic E-state index is 0.315. The first-order chi connectivity index (χ1) is 8.19. The van der Waals surface area contributed by atoms with Gasteiger partial charge in [0.1, 0.15) is 11.8 Å². The summed E-state index contributed by atoms with van der Waals surface area (Å²) in [6, 6.07) is 11.1. The van der Waals surface area contributed by atoms with Gasteiger partial charge in [0.15, 0.2) is 0 Å². The highest BCUT2D eigenvalue weighted by Gasteiger charge is 2.03. The second-order valence-corrected chi connectivity index (χ2v) is 5.01. The molecule has 0 aliphatic heterocycles. The van der Waals surface area contributed by atoms with Gasteiger partial charge in [0, 0.05) is 3.57 Å². The molecule has 0 saturated carbocycles. The molecule has 2 rings (SSSR count). The molecule has 0 bridgehead atoms. The quantitative estimate of drug-likeness (QED) is 0.843. The number of hydrogen-bond donors (Lipinski definition) is 1. The van der Waals surface area contributed by atoms with Crippen LogP contribution in [0.4, 0.5) is 5.69 Å². The summed E-state index contributed by atoms with van der Waals surface area (Å²) >= 11 is 8.27. The van der Waals surface area contributed by atoms with E-state index in [1.165, 1.54) is 0 Å². The molecule has 0 saturated heterocycles. The van der Waals surface area contributed by atoms with Gasteiger partial charge in [-0.1, -0.05) is 11.6 Å². The van der Waals surface area contributed by atoms with Crippen LogP contribution in [0.25, 0.3) is 0 Å². The Hall–Kier alpha value is -1.19. The molecule has 5 heteroatoms. The SMILES string of the molecule is N#Cc1ccc(CNc2cc(I)ccc2Cl)o1. The fourth-order valence-electron chi connectivity index (χ4n) is 1.35. The first kappa shape index (κ1) is 12.3.